The number of sulfonamides is 1. The van der Waals surface area contributed by atoms with Gasteiger partial charge in [-0.05, 0) is 70.8 Å². The first-order valence-electron chi connectivity index (χ1n) is 13.1. The standard InChI is InChI=1S/C33H27Cl2N3O4S/c1-42-33(39)26-10-5-23(6-11-26)20-38-21-31(29-17-14-27(34)19-30(29)35)36-32(38)18-7-22-3-8-24(9-4-22)25-12-15-28(16-13-25)37-43(2,40)41/h3-19,21,37H,20H2,1-2H3. The molecule has 0 aliphatic carbocycles. The number of halogens is 2. The third-order valence-corrected chi connectivity index (χ3v) is 7.75. The van der Waals surface area contributed by atoms with Gasteiger partial charge in [0.2, 0.25) is 10.0 Å². The number of anilines is 1. The van der Waals surface area contributed by atoms with Gasteiger partial charge < -0.3 is 9.30 Å². The number of imidazole rings is 1. The second kappa shape index (κ2) is 12.9. The Morgan fingerprint density at radius 3 is 2.16 bits per heavy atom. The van der Waals surface area contributed by atoms with Gasteiger partial charge in [0.15, 0.2) is 0 Å². The lowest BCUT2D eigenvalue weighted by Crippen LogP contribution is -2.09. The summed E-state index contributed by atoms with van der Waals surface area (Å²) in [5, 5.41) is 1.05. The summed E-state index contributed by atoms with van der Waals surface area (Å²) in [7, 11) is -1.97. The first-order valence-corrected chi connectivity index (χ1v) is 15.8. The summed E-state index contributed by atoms with van der Waals surface area (Å²) in [5.41, 5.74) is 6.39. The van der Waals surface area contributed by atoms with Crippen LogP contribution in [-0.4, -0.2) is 37.3 Å². The van der Waals surface area contributed by atoms with Crippen molar-refractivity contribution < 1.29 is 17.9 Å². The number of hydrogen-bond donors (Lipinski definition) is 1. The molecule has 1 heterocycles. The lowest BCUT2D eigenvalue weighted by molar-refractivity contribution is 0.0600. The van der Waals surface area contributed by atoms with Crippen LogP contribution in [0.4, 0.5) is 5.69 Å². The van der Waals surface area contributed by atoms with Crippen molar-refractivity contribution in [3.05, 3.63) is 130 Å². The molecule has 0 atom stereocenters. The van der Waals surface area contributed by atoms with Crippen molar-refractivity contribution in [3.8, 4) is 22.4 Å². The Labute approximate surface area is 260 Å². The number of aromatic nitrogens is 2. The van der Waals surface area contributed by atoms with Gasteiger partial charge in [-0.15, -0.1) is 0 Å². The van der Waals surface area contributed by atoms with E-state index in [2.05, 4.69) is 4.72 Å². The first kappa shape index (κ1) is 30.1. The zero-order valence-corrected chi connectivity index (χ0v) is 25.6. The number of methoxy groups -OCH3 is 1. The number of esters is 1. The van der Waals surface area contributed by atoms with Gasteiger partial charge in [-0.1, -0.05) is 77.8 Å². The van der Waals surface area contributed by atoms with Crippen LogP contribution in [0.15, 0.2) is 97.2 Å². The van der Waals surface area contributed by atoms with E-state index in [1.165, 1.54) is 7.11 Å². The van der Waals surface area contributed by atoms with Crippen molar-refractivity contribution in [2.75, 3.05) is 18.1 Å². The summed E-state index contributed by atoms with van der Waals surface area (Å²) in [4.78, 5) is 16.7. The molecule has 0 bridgehead atoms. The Balaban J connectivity index is 1.40. The smallest absolute Gasteiger partial charge is 0.337 e. The summed E-state index contributed by atoms with van der Waals surface area (Å²) >= 11 is 12.6. The molecule has 0 radical (unpaired) electrons. The highest BCUT2D eigenvalue weighted by Crippen LogP contribution is 2.31. The molecule has 0 saturated heterocycles. The number of nitrogens with zero attached hydrogens (tertiary/aromatic N) is 2. The van der Waals surface area contributed by atoms with Gasteiger partial charge in [0.05, 0.1) is 29.6 Å². The average Bonchev–Trinajstić information content (AvgIpc) is 3.38. The maximum Gasteiger partial charge on any atom is 0.337 e. The number of ether oxygens (including phenoxy) is 1. The van der Waals surface area contributed by atoms with Crippen molar-refractivity contribution in [1.82, 2.24) is 9.55 Å². The molecule has 1 N–H and O–H groups in total. The molecule has 10 heteroatoms. The molecule has 0 fully saturated rings. The van der Waals surface area contributed by atoms with Crippen molar-refractivity contribution in [1.29, 1.82) is 0 Å². The molecule has 0 amide bonds. The molecule has 0 saturated carbocycles. The van der Waals surface area contributed by atoms with Crippen LogP contribution in [0, 0.1) is 0 Å². The summed E-state index contributed by atoms with van der Waals surface area (Å²) in [6.07, 6.45) is 6.98. The highest BCUT2D eigenvalue weighted by Gasteiger charge is 2.13. The molecule has 0 unspecified atom stereocenters. The minimum atomic E-state index is -3.33. The molecule has 4 aromatic carbocycles. The van der Waals surface area contributed by atoms with Gasteiger partial charge in [0.25, 0.3) is 0 Å². The SMILES string of the molecule is COC(=O)c1ccc(Cn2cc(-c3ccc(Cl)cc3Cl)nc2C=Cc2ccc(-c3ccc(NS(C)(=O)=O)cc3)cc2)cc1. The predicted octanol–water partition coefficient (Wildman–Crippen LogP) is 7.90. The van der Waals surface area contributed by atoms with E-state index in [0.29, 0.717) is 33.5 Å². The number of hydrogen-bond acceptors (Lipinski definition) is 5. The lowest BCUT2D eigenvalue weighted by atomic mass is 10.0. The van der Waals surface area contributed by atoms with E-state index < -0.39 is 10.0 Å². The number of carbonyl (C=O) groups excluding carboxylic acids is 1. The van der Waals surface area contributed by atoms with Crippen LogP contribution in [0.1, 0.15) is 27.3 Å². The quantitative estimate of drug-likeness (QED) is 0.167. The first-order chi connectivity index (χ1) is 20.6. The summed E-state index contributed by atoms with van der Waals surface area (Å²) in [5.74, 6) is 0.334. The predicted molar refractivity (Wildman–Crippen MR) is 174 cm³/mol. The van der Waals surface area contributed by atoms with E-state index in [9.17, 15) is 13.2 Å². The zero-order valence-electron chi connectivity index (χ0n) is 23.3. The monoisotopic (exact) mass is 631 g/mol. The Bertz CT molecular complexity index is 1900. The molecule has 1 aromatic heterocycles. The van der Waals surface area contributed by atoms with Crippen LogP contribution in [0.3, 0.4) is 0 Å². The number of carbonyl (C=O) groups is 1. The highest BCUT2D eigenvalue weighted by molar-refractivity contribution is 7.92. The molecule has 5 rings (SSSR count). The molecular formula is C33H27Cl2N3O4S. The van der Waals surface area contributed by atoms with Crippen molar-refractivity contribution in [2.45, 2.75) is 6.54 Å². The average molecular weight is 633 g/mol. The third kappa shape index (κ3) is 7.73. The second-order valence-corrected chi connectivity index (χ2v) is 12.4. The van der Waals surface area contributed by atoms with E-state index in [1.807, 2.05) is 77.5 Å². The Morgan fingerprint density at radius 1 is 0.907 bits per heavy atom. The van der Waals surface area contributed by atoms with Crippen LogP contribution in [0.2, 0.25) is 10.0 Å². The summed E-state index contributed by atoms with van der Waals surface area (Å²) in [6, 6.07) is 27.8. The maximum atomic E-state index is 11.8. The van der Waals surface area contributed by atoms with Gasteiger partial charge in [0, 0.05) is 29.0 Å². The fraction of sp³-hybridized carbons (Fsp3) is 0.0909. The molecule has 0 spiro atoms. The number of nitrogens with one attached hydrogen (secondary N) is 1. The van der Waals surface area contributed by atoms with Crippen LogP contribution < -0.4 is 4.72 Å². The minimum absolute atomic E-state index is 0.385. The lowest BCUT2D eigenvalue weighted by Gasteiger charge is -2.07. The van der Waals surface area contributed by atoms with Gasteiger partial charge >= 0.3 is 5.97 Å². The van der Waals surface area contributed by atoms with Crippen LogP contribution in [0.5, 0.6) is 0 Å². The van der Waals surface area contributed by atoms with Gasteiger partial charge in [-0.2, -0.15) is 0 Å². The Kier molecular flexibility index (Phi) is 9.01. The van der Waals surface area contributed by atoms with Crippen molar-refractivity contribution in [3.63, 3.8) is 0 Å². The minimum Gasteiger partial charge on any atom is -0.465 e. The highest BCUT2D eigenvalue weighted by atomic mass is 35.5. The molecule has 43 heavy (non-hydrogen) atoms. The molecule has 218 valence electrons. The molecule has 0 aliphatic heterocycles. The Hall–Kier alpha value is -4.37. The number of rotatable bonds is 9. The van der Waals surface area contributed by atoms with Gasteiger partial charge in [0.1, 0.15) is 5.82 Å². The topological polar surface area (TPSA) is 90.3 Å². The van der Waals surface area contributed by atoms with Gasteiger partial charge in [-0.25, -0.2) is 18.2 Å². The van der Waals surface area contributed by atoms with Crippen LogP contribution in [-0.2, 0) is 21.3 Å². The fourth-order valence-electron chi connectivity index (χ4n) is 4.48. The summed E-state index contributed by atoms with van der Waals surface area (Å²) in [6.45, 7) is 0.516. The largest absolute Gasteiger partial charge is 0.465 e. The molecular weight excluding hydrogens is 605 g/mol. The van der Waals surface area contributed by atoms with E-state index in [1.54, 1.807) is 36.4 Å². The van der Waals surface area contributed by atoms with E-state index in [4.69, 9.17) is 32.9 Å². The molecule has 0 aliphatic rings. The van der Waals surface area contributed by atoms with Crippen molar-refractivity contribution in [2.24, 2.45) is 0 Å². The molecule has 7 nitrogen and oxygen atoms in total. The summed E-state index contributed by atoms with van der Waals surface area (Å²) < 4.78 is 32.2. The van der Waals surface area contributed by atoms with E-state index in [0.717, 1.165) is 39.9 Å². The second-order valence-electron chi connectivity index (χ2n) is 9.83. The van der Waals surface area contributed by atoms with Crippen molar-refractivity contribution >= 4 is 57.0 Å². The third-order valence-electron chi connectivity index (χ3n) is 6.60. The van der Waals surface area contributed by atoms with E-state index >= 15 is 0 Å². The normalized spacial score (nSPS) is 11.5. The molecule has 5 aromatic rings. The Morgan fingerprint density at radius 2 is 1.56 bits per heavy atom. The maximum absolute atomic E-state index is 11.8. The zero-order chi connectivity index (χ0) is 30.6. The fourth-order valence-corrected chi connectivity index (χ4v) is 5.55. The number of benzene rings is 4. The van der Waals surface area contributed by atoms with Crippen LogP contribution >= 0.6 is 23.2 Å². The van der Waals surface area contributed by atoms with E-state index in [-0.39, 0.29) is 5.97 Å². The van der Waals surface area contributed by atoms with Gasteiger partial charge in [-0.3, -0.25) is 4.72 Å². The van der Waals surface area contributed by atoms with Crippen LogP contribution in [0.25, 0.3) is 34.5 Å².